The number of aliphatic hydroxyl groups is 2. The standard InChI is InChI=1S/C25H32N5O9P/c1-16(22(31)38-18-10-11-35-12-18)29-40(34,39-17-6-4-3-5-7-17)37-13-24(2)23(32)25(33,14-36-24)20-9-8-19-21(26)27-15-28-30(19)20/h3-9,15-16,18,23,32-33H,10-14H2,1-2H3,(H,29,34)(H2,26,27,28)/t16-,18-,23+,24+,25+,40-/m0/s1. The van der Waals surface area contributed by atoms with E-state index in [1.54, 1.807) is 42.5 Å². The van der Waals surface area contributed by atoms with Crippen molar-refractivity contribution in [1.29, 1.82) is 0 Å². The molecule has 216 valence electrons. The van der Waals surface area contributed by atoms with Gasteiger partial charge in [-0.2, -0.15) is 10.2 Å². The van der Waals surface area contributed by atoms with Crippen molar-refractivity contribution < 1.29 is 42.8 Å². The van der Waals surface area contributed by atoms with E-state index < -0.39 is 49.8 Å². The van der Waals surface area contributed by atoms with Gasteiger partial charge in [-0.1, -0.05) is 18.2 Å². The average Bonchev–Trinajstić information content (AvgIpc) is 3.66. The Bertz CT molecular complexity index is 1400. The molecule has 0 bridgehead atoms. The van der Waals surface area contributed by atoms with Crippen LogP contribution in [0.15, 0.2) is 48.8 Å². The molecule has 0 saturated carbocycles. The first-order chi connectivity index (χ1) is 19.0. The molecule has 14 nitrogen and oxygen atoms in total. The highest BCUT2D eigenvalue weighted by Crippen LogP contribution is 2.48. The molecule has 15 heteroatoms. The second-order valence-electron chi connectivity index (χ2n) is 10.0. The minimum Gasteiger partial charge on any atom is -0.459 e. The van der Waals surface area contributed by atoms with Gasteiger partial charge in [0.25, 0.3) is 0 Å². The van der Waals surface area contributed by atoms with Gasteiger partial charge in [0.2, 0.25) is 0 Å². The van der Waals surface area contributed by atoms with Gasteiger partial charge in [0, 0.05) is 6.42 Å². The zero-order valence-corrected chi connectivity index (χ0v) is 22.9. The molecule has 5 N–H and O–H groups in total. The van der Waals surface area contributed by atoms with Crippen molar-refractivity contribution in [3.05, 3.63) is 54.5 Å². The normalized spacial score (nSPS) is 28.8. The average molecular weight is 578 g/mol. The molecule has 40 heavy (non-hydrogen) atoms. The minimum absolute atomic E-state index is 0.197. The number of nitrogens with zero attached hydrogens (tertiary/aromatic N) is 3. The Labute approximate surface area is 229 Å². The van der Waals surface area contributed by atoms with Gasteiger partial charge < -0.3 is 34.7 Å². The van der Waals surface area contributed by atoms with Gasteiger partial charge in [-0.15, -0.1) is 0 Å². The first-order valence-electron chi connectivity index (χ1n) is 12.7. The number of nitrogens with one attached hydrogen (secondary N) is 1. The van der Waals surface area contributed by atoms with Crippen molar-refractivity contribution in [1.82, 2.24) is 19.7 Å². The predicted octanol–water partition coefficient (Wildman–Crippen LogP) is 1.16. The smallest absolute Gasteiger partial charge is 0.459 e. The maximum absolute atomic E-state index is 13.9. The molecule has 1 aromatic carbocycles. The van der Waals surface area contributed by atoms with E-state index in [1.165, 1.54) is 24.7 Å². The second-order valence-corrected chi connectivity index (χ2v) is 11.7. The number of nitrogens with two attached hydrogens (primary N) is 1. The summed E-state index contributed by atoms with van der Waals surface area (Å²) < 4.78 is 43.2. The van der Waals surface area contributed by atoms with Gasteiger partial charge in [-0.3, -0.25) is 9.32 Å². The molecule has 5 rings (SSSR count). The lowest BCUT2D eigenvalue weighted by atomic mass is 9.86. The van der Waals surface area contributed by atoms with Gasteiger partial charge in [-0.05, 0) is 38.1 Å². The van der Waals surface area contributed by atoms with Crippen LogP contribution in [0.25, 0.3) is 5.52 Å². The zero-order valence-electron chi connectivity index (χ0n) is 22.0. The van der Waals surface area contributed by atoms with Gasteiger partial charge in [-0.25, -0.2) is 14.1 Å². The van der Waals surface area contributed by atoms with Gasteiger partial charge in [0.1, 0.15) is 41.4 Å². The number of carbonyl (C=O) groups is 1. The van der Waals surface area contributed by atoms with Gasteiger partial charge in [0.15, 0.2) is 11.4 Å². The first-order valence-corrected chi connectivity index (χ1v) is 14.3. The number of rotatable bonds is 10. The molecule has 0 spiro atoms. The first kappa shape index (κ1) is 28.4. The number of benzene rings is 1. The number of anilines is 1. The Balaban J connectivity index is 1.33. The van der Waals surface area contributed by atoms with Crippen LogP contribution in [0.4, 0.5) is 5.82 Å². The summed E-state index contributed by atoms with van der Waals surface area (Å²) in [6.07, 6.45) is -0.145. The molecule has 2 aromatic heterocycles. The fourth-order valence-corrected chi connectivity index (χ4v) is 6.22. The molecular formula is C25H32N5O9P. The van der Waals surface area contributed by atoms with Gasteiger partial charge in [0.05, 0.1) is 32.1 Å². The van der Waals surface area contributed by atoms with Crippen LogP contribution < -0.4 is 15.3 Å². The Hall–Kier alpha value is -3.10. The number of hydrogen-bond donors (Lipinski definition) is 4. The Morgan fingerprint density at radius 2 is 2.10 bits per heavy atom. The molecule has 6 atom stereocenters. The lowest BCUT2D eigenvalue weighted by Crippen LogP contribution is -2.50. The van der Waals surface area contributed by atoms with Crippen molar-refractivity contribution in [2.75, 3.05) is 32.2 Å². The van der Waals surface area contributed by atoms with E-state index in [4.69, 9.17) is 29.0 Å². The fourth-order valence-electron chi connectivity index (χ4n) is 4.64. The topological polar surface area (TPSA) is 189 Å². The molecule has 2 aliphatic heterocycles. The van der Waals surface area contributed by atoms with E-state index >= 15 is 0 Å². The van der Waals surface area contributed by atoms with Crippen LogP contribution in [0.5, 0.6) is 5.75 Å². The van der Waals surface area contributed by atoms with Crippen LogP contribution in [0.1, 0.15) is 26.0 Å². The summed E-state index contributed by atoms with van der Waals surface area (Å²) in [5.41, 5.74) is 3.12. The molecule has 0 amide bonds. The molecule has 2 fully saturated rings. The number of aromatic nitrogens is 3. The third kappa shape index (κ3) is 5.56. The molecule has 0 radical (unpaired) electrons. The maximum atomic E-state index is 13.9. The third-order valence-corrected chi connectivity index (χ3v) is 8.57. The number of fused-ring (bicyclic) bond motifs is 1. The summed E-state index contributed by atoms with van der Waals surface area (Å²) in [6.45, 7) is 2.94. The summed E-state index contributed by atoms with van der Waals surface area (Å²) in [6, 6.07) is 10.4. The fraction of sp³-hybridized carbons (Fsp3) is 0.480. The Morgan fingerprint density at radius 3 is 2.83 bits per heavy atom. The quantitative estimate of drug-likeness (QED) is 0.199. The van der Waals surface area contributed by atoms with Crippen LogP contribution in [0.2, 0.25) is 0 Å². The van der Waals surface area contributed by atoms with E-state index in [9.17, 15) is 19.6 Å². The largest absolute Gasteiger partial charge is 0.459 e. The predicted molar refractivity (Wildman–Crippen MR) is 140 cm³/mol. The Morgan fingerprint density at radius 1 is 1.32 bits per heavy atom. The molecule has 0 aliphatic carbocycles. The summed E-state index contributed by atoms with van der Waals surface area (Å²) >= 11 is 0. The number of para-hydroxylation sites is 1. The highest BCUT2D eigenvalue weighted by molar-refractivity contribution is 7.52. The van der Waals surface area contributed by atoms with Gasteiger partial charge >= 0.3 is 13.7 Å². The third-order valence-electron chi connectivity index (χ3n) is 6.94. The van der Waals surface area contributed by atoms with E-state index in [1.807, 2.05) is 0 Å². The van der Waals surface area contributed by atoms with E-state index in [0.717, 1.165) is 0 Å². The minimum atomic E-state index is -4.26. The van der Waals surface area contributed by atoms with E-state index in [0.29, 0.717) is 25.2 Å². The molecule has 3 aromatic rings. The summed E-state index contributed by atoms with van der Waals surface area (Å²) in [7, 11) is -4.26. The highest BCUT2D eigenvalue weighted by atomic mass is 31.2. The van der Waals surface area contributed by atoms with Crippen LogP contribution >= 0.6 is 7.75 Å². The summed E-state index contributed by atoms with van der Waals surface area (Å²) in [4.78, 5) is 16.6. The van der Waals surface area contributed by atoms with E-state index in [2.05, 4.69) is 15.2 Å². The monoisotopic (exact) mass is 577 g/mol. The van der Waals surface area contributed by atoms with Crippen LogP contribution in [-0.4, -0.2) is 81.1 Å². The molecule has 2 aliphatic rings. The van der Waals surface area contributed by atoms with Crippen molar-refractivity contribution in [3.8, 4) is 5.75 Å². The zero-order chi connectivity index (χ0) is 28.5. The summed E-state index contributed by atoms with van der Waals surface area (Å²) in [5, 5.41) is 29.6. The van der Waals surface area contributed by atoms with E-state index in [-0.39, 0.29) is 23.9 Å². The second kappa shape index (κ2) is 11.1. The SMILES string of the molecule is C[C@H](N[P@](=O)(OC[C@@]1(C)OC[C@@](O)(c2ccc3c(N)ncnn23)[C@@H]1O)Oc1ccccc1)C(=O)O[C@H]1CCOC1. The van der Waals surface area contributed by atoms with Crippen molar-refractivity contribution in [2.45, 2.75) is 49.7 Å². The highest BCUT2D eigenvalue weighted by Gasteiger charge is 2.58. The molecule has 4 heterocycles. The number of hydrogen-bond acceptors (Lipinski definition) is 12. The van der Waals surface area contributed by atoms with Crippen LogP contribution in [0, 0.1) is 0 Å². The number of carbonyl (C=O) groups excluding carboxylic acids is 1. The van der Waals surface area contributed by atoms with Crippen molar-refractivity contribution in [2.24, 2.45) is 0 Å². The summed E-state index contributed by atoms with van der Waals surface area (Å²) in [5.74, 6) is -0.243. The van der Waals surface area contributed by atoms with Crippen LogP contribution in [0.3, 0.4) is 0 Å². The maximum Gasteiger partial charge on any atom is 0.459 e. The molecule has 2 saturated heterocycles. The number of ether oxygens (including phenoxy) is 3. The van der Waals surface area contributed by atoms with Crippen molar-refractivity contribution >= 4 is 25.1 Å². The van der Waals surface area contributed by atoms with Crippen molar-refractivity contribution in [3.63, 3.8) is 0 Å². The molecule has 0 unspecified atom stereocenters. The molecular weight excluding hydrogens is 545 g/mol. The number of aliphatic hydroxyl groups excluding tert-OH is 1. The number of nitrogen functional groups attached to an aromatic ring is 1. The lowest BCUT2D eigenvalue weighted by molar-refractivity contribution is -0.150. The Kier molecular flexibility index (Phi) is 7.86. The lowest BCUT2D eigenvalue weighted by Gasteiger charge is -2.33. The van der Waals surface area contributed by atoms with Crippen LogP contribution in [-0.2, 0) is 33.7 Å². The number of esters is 1.